The molecular formula is C17H18N4OS. The predicted molar refractivity (Wildman–Crippen MR) is 93.7 cm³/mol. The van der Waals surface area contributed by atoms with Gasteiger partial charge in [-0.3, -0.25) is 14.7 Å². The van der Waals surface area contributed by atoms with Crippen LogP contribution in [0.15, 0.2) is 42.7 Å². The second-order valence-electron chi connectivity index (χ2n) is 5.63. The number of aromatic nitrogens is 2. The molecule has 1 amide bonds. The van der Waals surface area contributed by atoms with Gasteiger partial charge in [0.25, 0.3) is 0 Å². The highest BCUT2D eigenvalue weighted by molar-refractivity contribution is 7.22. The van der Waals surface area contributed by atoms with E-state index < -0.39 is 6.04 Å². The molecule has 0 saturated heterocycles. The van der Waals surface area contributed by atoms with Crippen molar-refractivity contribution in [2.75, 3.05) is 19.4 Å². The van der Waals surface area contributed by atoms with Crippen LogP contribution in [0.1, 0.15) is 17.2 Å². The van der Waals surface area contributed by atoms with Crippen LogP contribution < -0.4 is 5.32 Å². The summed E-state index contributed by atoms with van der Waals surface area (Å²) in [6.07, 6.45) is 3.41. The van der Waals surface area contributed by atoms with E-state index in [1.807, 2.05) is 50.2 Å². The Bertz CT molecular complexity index is 829. The number of pyridine rings is 1. The van der Waals surface area contributed by atoms with E-state index in [-0.39, 0.29) is 5.91 Å². The molecule has 0 spiro atoms. The fourth-order valence-electron chi connectivity index (χ4n) is 2.48. The predicted octanol–water partition coefficient (Wildman–Crippen LogP) is 3.24. The van der Waals surface area contributed by atoms with Crippen LogP contribution in [0.4, 0.5) is 5.13 Å². The molecule has 1 atom stereocenters. The minimum Gasteiger partial charge on any atom is -0.300 e. The van der Waals surface area contributed by atoms with E-state index in [0.717, 1.165) is 15.8 Å². The molecule has 0 aliphatic carbocycles. The SMILES string of the molecule is Cc1ccc2nc(NC(=O)C(c3cccnc3)N(C)C)sc2c1. The number of fused-ring (bicyclic) bond motifs is 1. The summed E-state index contributed by atoms with van der Waals surface area (Å²) in [6.45, 7) is 2.04. The number of thiazole rings is 1. The maximum absolute atomic E-state index is 12.7. The highest BCUT2D eigenvalue weighted by Crippen LogP contribution is 2.28. The van der Waals surface area contributed by atoms with Gasteiger partial charge in [-0.1, -0.05) is 23.5 Å². The Morgan fingerprint density at radius 1 is 1.30 bits per heavy atom. The van der Waals surface area contributed by atoms with Crippen LogP contribution in [-0.2, 0) is 4.79 Å². The van der Waals surface area contributed by atoms with Gasteiger partial charge in [-0.15, -0.1) is 0 Å². The monoisotopic (exact) mass is 326 g/mol. The van der Waals surface area contributed by atoms with Gasteiger partial charge in [0.05, 0.1) is 10.2 Å². The van der Waals surface area contributed by atoms with E-state index in [0.29, 0.717) is 5.13 Å². The van der Waals surface area contributed by atoms with Crippen LogP contribution in [-0.4, -0.2) is 34.9 Å². The van der Waals surface area contributed by atoms with E-state index in [2.05, 4.69) is 21.4 Å². The maximum Gasteiger partial charge on any atom is 0.248 e. The van der Waals surface area contributed by atoms with Gasteiger partial charge in [0.15, 0.2) is 5.13 Å². The number of hydrogen-bond donors (Lipinski definition) is 1. The molecule has 0 bridgehead atoms. The first kappa shape index (κ1) is 15.6. The zero-order valence-corrected chi connectivity index (χ0v) is 14.1. The van der Waals surface area contributed by atoms with Crippen LogP contribution >= 0.6 is 11.3 Å². The summed E-state index contributed by atoms with van der Waals surface area (Å²) < 4.78 is 1.07. The van der Waals surface area contributed by atoms with E-state index in [4.69, 9.17) is 0 Å². The molecule has 3 rings (SSSR count). The number of nitrogens with one attached hydrogen (secondary N) is 1. The highest BCUT2D eigenvalue weighted by Gasteiger charge is 2.24. The van der Waals surface area contributed by atoms with E-state index >= 15 is 0 Å². The van der Waals surface area contributed by atoms with Gasteiger partial charge in [-0.2, -0.15) is 0 Å². The Balaban J connectivity index is 1.86. The number of hydrogen-bond acceptors (Lipinski definition) is 5. The van der Waals surface area contributed by atoms with Crippen LogP contribution in [0.5, 0.6) is 0 Å². The molecule has 2 aromatic heterocycles. The summed E-state index contributed by atoms with van der Waals surface area (Å²) in [4.78, 5) is 23.1. The fourth-order valence-corrected chi connectivity index (χ4v) is 3.45. The van der Waals surface area contributed by atoms with Gasteiger partial charge in [-0.05, 0) is 50.3 Å². The molecule has 1 N–H and O–H groups in total. The van der Waals surface area contributed by atoms with Crippen molar-refractivity contribution < 1.29 is 4.79 Å². The van der Waals surface area contributed by atoms with Gasteiger partial charge in [0.1, 0.15) is 6.04 Å². The van der Waals surface area contributed by atoms with Crippen LogP contribution in [0.25, 0.3) is 10.2 Å². The van der Waals surface area contributed by atoms with Crippen molar-refractivity contribution in [3.05, 3.63) is 53.9 Å². The first-order valence-electron chi connectivity index (χ1n) is 7.29. The lowest BCUT2D eigenvalue weighted by Gasteiger charge is -2.22. The van der Waals surface area contributed by atoms with Gasteiger partial charge < -0.3 is 5.32 Å². The molecule has 1 unspecified atom stereocenters. The van der Waals surface area contributed by atoms with Gasteiger partial charge >= 0.3 is 0 Å². The summed E-state index contributed by atoms with van der Waals surface area (Å²) in [5, 5.41) is 3.55. The summed E-state index contributed by atoms with van der Waals surface area (Å²) in [5.74, 6) is -0.112. The van der Waals surface area contributed by atoms with Crippen molar-refractivity contribution in [3.8, 4) is 0 Å². The number of carbonyl (C=O) groups is 1. The lowest BCUT2D eigenvalue weighted by atomic mass is 10.1. The molecule has 0 aliphatic rings. The Kier molecular flexibility index (Phi) is 4.36. The number of amides is 1. The minimum atomic E-state index is -0.405. The van der Waals surface area contributed by atoms with Crippen molar-refractivity contribution >= 4 is 32.6 Å². The van der Waals surface area contributed by atoms with E-state index in [1.165, 1.54) is 16.9 Å². The van der Waals surface area contributed by atoms with Gasteiger partial charge in [0, 0.05) is 12.4 Å². The lowest BCUT2D eigenvalue weighted by Crippen LogP contribution is -2.32. The first-order valence-corrected chi connectivity index (χ1v) is 8.10. The maximum atomic E-state index is 12.7. The van der Waals surface area contributed by atoms with Crippen LogP contribution in [0, 0.1) is 6.92 Å². The molecule has 0 fully saturated rings. The Hall–Kier alpha value is -2.31. The summed E-state index contributed by atoms with van der Waals surface area (Å²) in [7, 11) is 3.75. The molecule has 0 saturated carbocycles. The van der Waals surface area contributed by atoms with E-state index in [1.54, 1.807) is 12.4 Å². The third kappa shape index (κ3) is 3.38. The molecule has 0 aliphatic heterocycles. The molecular weight excluding hydrogens is 308 g/mol. The Morgan fingerprint density at radius 3 is 2.83 bits per heavy atom. The number of rotatable bonds is 4. The summed E-state index contributed by atoms with van der Waals surface area (Å²) >= 11 is 1.49. The topological polar surface area (TPSA) is 58.1 Å². The largest absolute Gasteiger partial charge is 0.300 e. The summed E-state index contributed by atoms with van der Waals surface area (Å²) in [5.41, 5.74) is 2.94. The van der Waals surface area contributed by atoms with Crippen molar-refractivity contribution in [2.24, 2.45) is 0 Å². The number of aryl methyl sites for hydroxylation is 1. The van der Waals surface area contributed by atoms with Crippen LogP contribution in [0.3, 0.4) is 0 Å². The average molecular weight is 326 g/mol. The van der Waals surface area contributed by atoms with E-state index in [9.17, 15) is 4.79 Å². The lowest BCUT2D eigenvalue weighted by molar-refractivity contribution is -0.120. The summed E-state index contributed by atoms with van der Waals surface area (Å²) in [6, 6.07) is 9.40. The number of carbonyl (C=O) groups excluding carboxylic acids is 1. The molecule has 1 aromatic carbocycles. The first-order chi connectivity index (χ1) is 11.0. The second kappa shape index (κ2) is 6.44. The second-order valence-corrected chi connectivity index (χ2v) is 6.66. The molecule has 5 nitrogen and oxygen atoms in total. The Morgan fingerprint density at radius 2 is 2.13 bits per heavy atom. The normalized spacial score (nSPS) is 12.5. The Labute approximate surface area is 139 Å². The molecule has 6 heteroatoms. The zero-order chi connectivity index (χ0) is 16.4. The molecule has 23 heavy (non-hydrogen) atoms. The molecule has 118 valence electrons. The fraction of sp³-hybridized carbons (Fsp3) is 0.235. The minimum absolute atomic E-state index is 0.112. The quantitative estimate of drug-likeness (QED) is 0.799. The van der Waals surface area contributed by atoms with Gasteiger partial charge in [-0.25, -0.2) is 4.98 Å². The number of nitrogens with zero attached hydrogens (tertiary/aromatic N) is 3. The number of benzene rings is 1. The smallest absolute Gasteiger partial charge is 0.248 e. The molecule has 3 aromatic rings. The van der Waals surface area contributed by atoms with Crippen molar-refractivity contribution in [2.45, 2.75) is 13.0 Å². The van der Waals surface area contributed by atoms with Gasteiger partial charge in [0.2, 0.25) is 5.91 Å². The number of likely N-dealkylation sites (N-methyl/N-ethyl adjacent to an activating group) is 1. The van der Waals surface area contributed by atoms with Crippen LogP contribution in [0.2, 0.25) is 0 Å². The average Bonchev–Trinajstić information content (AvgIpc) is 2.89. The number of anilines is 1. The van der Waals surface area contributed by atoms with Crippen molar-refractivity contribution in [1.29, 1.82) is 0 Å². The standard InChI is InChI=1S/C17H18N4OS/c1-11-6-7-13-14(9-11)23-17(19-13)20-16(22)15(21(2)3)12-5-4-8-18-10-12/h4-10,15H,1-3H3,(H,19,20,22). The van der Waals surface area contributed by atoms with Crippen molar-refractivity contribution in [3.63, 3.8) is 0 Å². The molecule has 0 radical (unpaired) electrons. The third-order valence-corrected chi connectivity index (χ3v) is 4.47. The third-order valence-electron chi connectivity index (χ3n) is 3.54. The zero-order valence-electron chi connectivity index (χ0n) is 13.3. The van der Waals surface area contributed by atoms with Crippen molar-refractivity contribution in [1.82, 2.24) is 14.9 Å². The molecule has 2 heterocycles. The highest BCUT2D eigenvalue weighted by atomic mass is 32.1.